The van der Waals surface area contributed by atoms with Gasteiger partial charge in [0.2, 0.25) is 5.91 Å². The molecule has 0 saturated carbocycles. The fraction of sp³-hybridized carbons (Fsp3) is 0.172. The molecule has 0 radical (unpaired) electrons. The summed E-state index contributed by atoms with van der Waals surface area (Å²) >= 11 is 1.49. The van der Waals surface area contributed by atoms with Gasteiger partial charge in [-0.2, -0.15) is 0 Å². The van der Waals surface area contributed by atoms with E-state index in [-0.39, 0.29) is 18.0 Å². The number of aromatic nitrogens is 1. The summed E-state index contributed by atoms with van der Waals surface area (Å²) in [5.41, 5.74) is 1.02. The van der Waals surface area contributed by atoms with Crippen LogP contribution >= 0.6 is 32.9 Å². The van der Waals surface area contributed by atoms with E-state index < -0.39 is 40.2 Å². The van der Waals surface area contributed by atoms with Crippen LogP contribution in [0.1, 0.15) is 6.92 Å². The summed E-state index contributed by atoms with van der Waals surface area (Å²) < 4.78 is 12.7. The molecule has 5 rings (SSSR count). The number of benzene rings is 3. The monoisotopic (exact) mass is 636 g/mol. The van der Waals surface area contributed by atoms with E-state index in [1.165, 1.54) is 62.1 Å². The van der Waals surface area contributed by atoms with Crippen LogP contribution in [-0.4, -0.2) is 56.7 Å². The second-order valence-corrected chi connectivity index (χ2v) is 12.9. The summed E-state index contributed by atoms with van der Waals surface area (Å²) in [5.74, 6) is -1.21. The lowest BCUT2D eigenvalue weighted by molar-refractivity contribution is -0.384. The lowest BCUT2D eigenvalue weighted by Gasteiger charge is -2.49. The zero-order valence-electron chi connectivity index (χ0n) is 22.6. The third-order valence-corrected chi connectivity index (χ3v) is 10.3. The average molecular weight is 637 g/mol. The Balaban J connectivity index is 1.33. The van der Waals surface area contributed by atoms with Gasteiger partial charge in [0.05, 0.1) is 15.1 Å². The molecule has 2 heterocycles. The molecular formula is C29H24N4O7S3. The molecule has 1 fully saturated rings. The number of fused-ring (bicyclic) bond motifs is 1. The van der Waals surface area contributed by atoms with Gasteiger partial charge in [0.25, 0.3) is 11.6 Å². The summed E-state index contributed by atoms with van der Waals surface area (Å²) in [4.78, 5) is 55.9. The lowest BCUT2D eigenvalue weighted by atomic mass is 9.99. The number of nitro benzene ring substituents is 1. The molecule has 0 spiro atoms. The second-order valence-electron chi connectivity index (χ2n) is 9.33. The van der Waals surface area contributed by atoms with Gasteiger partial charge >= 0.3 is 5.97 Å². The second kappa shape index (κ2) is 13.3. The number of nitro groups is 1. The summed E-state index contributed by atoms with van der Waals surface area (Å²) in [6, 6.07) is 19.4. The number of hydrogen-bond donors (Lipinski definition) is 1. The van der Waals surface area contributed by atoms with E-state index in [1.807, 2.05) is 30.3 Å². The molecule has 1 saturated heterocycles. The minimum absolute atomic E-state index is 0.0748. The van der Waals surface area contributed by atoms with Crippen molar-refractivity contribution in [1.29, 1.82) is 0 Å². The molecule has 11 nitrogen and oxygen atoms in total. The molecule has 1 aliphatic rings. The van der Waals surface area contributed by atoms with Gasteiger partial charge in [0.15, 0.2) is 17.0 Å². The molecule has 2 amide bonds. The Bertz CT molecular complexity index is 1650. The first kappa shape index (κ1) is 30.1. The maximum absolute atomic E-state index is 13.5. The average Bonchev–Trinajstić information content (AvgIpc) is 3.42. The third-order valence-electron chi connectivity index (χ3n) is 6.24. The standard InChI is InChI=1S/C29H24N4O7S3/c1-17(2)25(28(36)40-20-14-12-18(13-15-20)33(37)38)32-26(35)24(31-23(34)16-39-19-8-4-3-5-9-19)27(32)42-43-29-30-21-10-6-7-11-22(21)41-29/h3-15,24-25,27H,1,16H2,2H3,(H,31,34)/t24-,25?,27-/m1/s1. The summed E-state index contributed by atoms with van der Waals surface area (Å²) in [5, 5.41) is 13.0. The molecule has 1 aromatic heterocycles. The van der Waals surface area contributed by atoms with E-state index in [2.05, 4.69) is 16.9 Å². The van der Waals surface area contributed by atoms with Gasteiger partial charge in [-0.15, -0.1) is 11.3 Å². The van der Waals surface area contributed by atoms with E-state index in [0.29, 0.717) is 11.3 Å². The Hall–Kier alpha value is -4.40. The van der Waals surface area contributed by atoms with Crippen LogP contribution in [0.3, 0.4) is 0 Å². The van der Waals surface area contributed by atoms with Gasteiger partial charge in [-0.1, -0.05) is 47.7 Å². The van der Waals surface area contributed by atoms with Crippen LogP contribution in [-0.2, 0) is 14.4 Å². The highest BCUT2D eigenvalue weighted by atomic mass is 33.1. The Morgan fingerprint density at radius 1 is 1.09 bits per heavy atom. The largest absolute Gasteiger partial charge is 0.484 e. The van der Waals surface area contributed by atoms with E-state index >= 15 is 0 Å². The fourth-order valence-electron chi connectivity index (χ4n) is 4.21. The molecule has 3 atom stereocenters. The normalized spacial score (nSPS) is 16.7. The van der Waals surface area contributed by atoms with E-state index in [1.54, 1.807) is 31.2 Å². The van der Waals surface area contributed by atoms with Crippen LogP contribution in [0.15, 0.2) is 95.4 Å². The molecule has 1 unspecified atom stereocenters. The van der Waals surface area contributed by atoms with Crippen LogP contribution in [0.4, 0.5) is 5.69 Å². The fourth-order valence-corrected chi connectivity index (χ4v) is 8.17. The van der Waals surface area contributed by atoms with Crippen LogP contribution < -0.4 is 14.8 Å². The summed E-state index contributed by atoms with van der Waals surface area (Å²) in [6.07, 6.45) is 0. The van der Waals surface area contributed by atoms with Crippen molar-refractivity contribution in [1.82, 2.24) is 15.2 Å². The predicted octanol–water partition coefficient (Wildman–Crippen LogP) is 5.23. The number of para-hydroxylation sites is 2. The van der Waals surface area contributed by atoms with Crippen molar-refractivity contribution in [3.8, 4) is 11.5 Å². The number of ether oxygens (including phenoxy) is 2. The Morgan fingerprint density at radius 3 is 2.47 bits per heavy atom. The first-order valence-electron chi connectivity index (χ1n) is 12.8. The van der Waals surface area contributed by atoms with E-state index in [9.17, 15) is 24.5 Å². The first-order valence-corrected chi connectivity index (χ1v) is 15.8. The summed E-state index contributed by atoms with van der Waals surface area (Å²) in [7, 11) is 2.60. The number of hydrogen-bond acceptors (Lipinski definition) is 11. The predicted molar refractivity (Wildman–Crippen MR) is 165 cm³/mol. The number of non-ortho nitro benzene ring substituents is 1. The Morgan fingerprint density at radius 2 is 1.79 bits per heavy atom. The van der Waals surface area contributed by atoms with Gasteiger partial charge in [-0.05, 0) is 59.7 Å². The van der Waals surface area contributed by atoms with Gasteiger partial charge in [-0.25, -0.2) is 9.78 Å². The summed E-state index contributed by atoms with van der Waals surface area (Å²) in [6.45, 7) is 5.20. The first-order chi connectivity index (χ1) is 20.7. The molecule has 1 N–H and O–H groups in total. The van der Waals surface area contributed by atoms with Crippen LogP contribution in [0.25, 0.3) is 10.2 Å². The zero-order chi connectivity index (χ0) is 30.5. The quantitative estimate of drug-likeness (QED) is 0.0418. The Labute approximate surface area is 257 Å². The number of thiazole rings is 1. The van der Waals surface area contributed by atoms with Crippen molar-refractivity contribution in [3.05, 3.63) is 101 Å². The van der Waals surface area contributed by atoms with Crippen molar-refractivity contribution in [3.63, 3.8) is 0 Å². The van der Waals surface area contributed by atoms with Crippen LogP contribution in [0, 0.1) is 10.1 Å². The smallest absolute Gasteiger partial charge is 0.338 e. The number of β-lactam (4-membered cyclic amide) rings is 1. The highest BCUT2D eigenvalue weighted by molar-refractivity contribution is 8.77. The van der Waals surface area contributed by atoms with Gasteiger partial charge in [0.1, 0.15) is 22.9 Å². The molecule has 1 aliphatic heterocycles. The molecule has 14 heteroatoms. The van der Waals surface area contributed by atoms with Gasteiger partial charge in [0, 0.05) is 12.1 Å². The van der Waals surface area contributed by atoms with Crippen molar-refractivity contribution in [2.24, 2.45) is 0 Å². The van der Waals surface area contributed by atoms with Crippen molar-refractivity contribution in [2.75, 3.05) is 6.61 Å². The zero-order valence-corrected chi connectivity index (χ0v) is 25.0. The van der Waals surface area contributed by atoms with Gasteiger partial charge < -0.3 is 19.7 Å². The molecule has 4 aromatic rings. The molecule has 220 valence electrons. The number of carbonyl (C=O) groups excluding carboxylic acids is 3. The number of nitrogens with zero attached hydrogens (tertiary/aromatic N) is 3. The van der Waals surface area contributed by atoms with E-state index in [4.69, 9.17) is 9.47 Å². The number of likely N-dealkylation sites (tertiary alicyclic amines) is 1. The van der Waals surface area contributed by atoms with Crippen LogP contribution in [0.2, 0.25) is 0 Å². The van der Waals surface area contributed by atoms with E-state index in [0.717, 1.165) is 14.6 Å². The highest BCUT2D eigenvalue weighted by Crippen LogP contribution is 2.45. The topological polar surface area (TPSA) is 141 Å². The molecule has 0 aliphatic carbocycles. The van der Waals surface area contributed by atoms with Crippen molar-refractivity contribution in [2.45, 2.75) is 28.7 Å². The molecule has 0 bridgehead atoms. The minimum atomic E-state index is -1.18. The number of nitrogens with one attached hydrogen (secondary N) is 1. The number of rotatable bonds is 12. The van der Waals surface area contributed by atoms with Crippen molar-refractivity contribution < 1.29 is 28.8 Å². The van der Waals surface area contributed by atoms with Crippen LogP contribution in [0.5, 0.6) is 11.5 Å². The molecule has 3 aromatic carbocycles. The lowest BCUT2D eigenvalue weighted by Crippen LogP contribution is -2.73. The highest BCUT2D eigenvalue weighted by Gasteiger charge is 2.54. The minimum Gasteiger partial charge on any atom is -0.484 e. The molecule has 43 heavy (non-hydrogen) atoms. The molecular weight excluding hydrogens is 613 g/mol. The van der Waals surface area contributed by atoms with Crippen molar-refractivity contribution >= 4 is 66.6 Å². The number of carbonyl (C=O) groups is 3. The van der Waals surface area contributed by atoms with Gasteiger partial charge in [-0.3, -0.25) is 19.7 Å². The maximum atomic E-state index is 13.5. The number of amides is 2. The maximum Gasteiger partial charge on any atom is 0.338 e. The third kappa shape index (κ3) is 6.98. The number of esters is 1. The SMILES string of the molecule is C=C(C)C(C(=O)Oc1ccc([N+](=O)[O-])cc1)N1C(=O)[C@@H](NC(=O)COc2ccccc2)[C@H]1SSc1nc2ccccc2s1. The Kier molecular flexibility index (Phi) is 9.28.